The molecule has 0 spiro atoms. The van der Waals surface area contributed by atoms with E-state index in [0.717, 1.165) is 18.7 Å². The molecule has 1 aromatic rings. The fourth-order valence-corrected chi connectivity index (χ4v) is 3.01. The average Bonchev–Trinajstić information content (AvgIpc) is 2.45. The van der Waals surface area contributed by atoms with Crippen LogP contribution >= 0.6 is 0 Å². The monoisotopic (exact) mass is 292 g/mol. The van der Waals surface area contributed by atoms with Gasteiger partial charge in [0.15, 0.2) is 0 Å². The highest BCUT2D eigenvalue weighted by Crippen LogP contribution is 2.24. The lowest BCUT2D eigenvalue weighted by molar-refractivity contribution is 0.197. The van der Waals surface area contributed by atoms with Crippen molar-refractivity contribution in [1.82, 2.24) is 10.2 Å². The molecule has 2 atom stereocenters. The Morgan fingerprint density at radius 1 is 1.05 bits per heavy atom. The molecule has 4 heteroatoms. The number of phenols is 2. The van der Waals surface area contributed by atoms with Gasteiger partial charge >= 0.3 is 0 Å². The van der Waals surface area contributed by atoms with Crippen LogP contribution in [0.4, 0.5) is 0 Å². The molecule has 2 rings (SSSR count). The lowest BCUT2D eigenvalue weighted by atomic mass is 10.0. The SMILES string of the molecule is CC(CNC(C)c1cc(O)cc(O)c1)CN1CCCCC1. The maximum absolute atomic E-state index is 9.54. The van der Waals surface area contributed by atoms with Crippen LogP contribution in [0.5, 0.6) is 11.5 Å². The van der Waals surface area contributed by atoms with Gasteiger partial charge in [-0.1, -0.05) is 13.3 Å². The summed E-state index contributed by atoms with van der Waals surface area (Å²) in [4.78, 5) is 2.56. The standard InChI is InChI=1S/C17H28N2O2/c1-13(12-19-6-4-3-5-7-19)11-18-14(2)15-8-16(20)10-17(21)9-15/h8-10,13-14,18,20-21H,3-7,11-12H2,1-2H3. The third-order valence-electron chi connectivity index (χ3n) is 4.22. The van der Waals surface area contributed by atoms with E-state index in [9.17, 15) is 10.2 Å². The maximum Gasteiger partial charge on any atom is 0.119 e. The zero-order valence-electron chi connectivity index (χ0n) is 13.2. The number of likely N-dealkylation sites (tertiary alicyclic amines) is 1. The predicted octanol–water partition coefficient (Wildman–Crippen LogP) is 2.87. The van der Waals surface area contributed by atoms with Gasteiger partial charge in [0.05, 0.1) is 0 Å². The third-order valence-corrected chi connectivity index (χ3v) is 4.22. The molecule has 0 saturated carbocycles. The average molecular weight is 292 g/mol. The zero-order valence-corrected chi connectivity index (χ0v) is 13.2. The molecule has 0 aromatic heterocycles. The van der Waals surface area contributed by atoms with Crippen molar-refractivity contribution in [2.45, 2.75) is 39.2 Å². The van der Waals surface area contributed by atoms with E-state index in [1.54, 1.807) is 12.1 Å². The van der Waals surface area contributed by atoms with Gasteiger partial charge in [-0.05, 0) is 63.0 Å². The summed E-state index contributed by atoms with van der Waals surface area (Å²) in [5.74, 6) is 0.816. The second-order valence-electron chi connectivity index (χ2n) is 6.38. The Morgan fingerprint density at radius 2 is 1.67 bits per heavy atom. The summed E-state index contributed by atoms with van der Waals surface area (Å²) >= 11 is 0. The van der Waals surface area contributed by atoms with Crippen LogP contribution in [0.1, 0.15) is 44.7 Å². The lowest BCUT2D eigenvalue weighted by Gasteiger charge is -2.29. The van der Waals surface area contributed by atoms with E-state index in [-0.39, 0.29) is 17.5 Å². The molecule has 0 bridgehead atoms. The molecule has 118 valence electrons. The molecule has 1 aromatic carbocycles. The van der Waals surface area contributed by atoms with Crippen molar-refractivity contribution in [3.63, 3.8) is 0 Å². The van der Waals surface area contributed by atoms with Crippen LogP contribution < -0.4 is 5.32 Å². The van der Waals surface area contributed by atoms with Gasteiger partial charge in [-0.3, -0.25) is 0 Å². The Morgan fingerprint density at radius 3 is 2.29 bits per heavy atom. The quantitative estimate of drug-likeness (QED) is 0.754. The van der Waals surface area contributed by atoms with Gasteiger partial charge < -0.3 is 20.4 Å². The molecule has 1 aliphatic heterocycles. The predicted molar refractivity (Wildman–Crippen MR) is 85.6 cm³/mol. The first-order valence-electron chi connectivity index (χ1n) is 8.03. The number of benzene rings is 1. The second kappa shape index (κ2) is 7.66. The molecule has 4 nitrogen and oxygen atoms in total. The van der Waals surface area contributed by atoms with E-state index >= 15 is 0 Å². The molecule has 1 saturated heterocycles. The molecule has 0 radical (unpaired) electrons. The Hall–Kier alpha value is -1.26. The minimum atomic E-state index is 0.111. The molecule has 1 aliphatic rings. The summed E-state index contributed by atoms with van der Waals surface area (Å²) in [5, 5.41) is 22.6. The van der Waals surface area contributed by atoms with E-state index in [4.69, 9.17) is 0 Å². The van der Waals surface area contributed by atoms with Crippen LogP contribution in [-0.2, 0) is 0 Å². The van der Waals surface area contributed by atoms with Crippen LogP contribution in [0.2, 0.25) is 0 Å². The first-order chi connectivity index (χ1) is 10.0. The molecule has 3 N–H and O–H groups in total. The highest BCUT2D eigenvalue weighted by Gasteiger charge is 2.14. The van der Waals surface area contributed by atoms with Crippen molar-refractivity contribution in [2.24, 2.45) is 5.92 Å². The smallest absolute Gasteiger partial charge is 0.119 e. The molecule has 0 amide bonds. The number of rotatable bonds is 6. The first-order valence-corrected chi connectivity index (χ1v) is 8.03. The van der Waals surface area contributed by atoms with Crippen molar-refractivity contribution in [2.75, 3.05) is 26.2 Å². The van der Waals surface area contributed by atoms with Gasteiger partial charge in [0.2, 0.25) is 0 Å². The van der Waals surface area contributed by atoms with Crippen molar-refractivity contribution in [1.29, 1.82) is 0 Å². The van der Waals surface area contributed by atoms with Crippen LogP contribution in [0, 0.1) is 5.92 Å². The Bertz CT molecular complexity index is 424. The summed E-state index contributed by atoms with van der Waals surface area (Å²) in [6.07, 6.45) is 4.04. The molecule has 2 unspecified atom stereocenters. The normalized spacial score (nSPS) is 19.3. The van der Waals surface area contributed by atoms with Crippen molar-refractivity contribution >= 4 is 0 Å². The van der Waals surface area contributed by atoms with Gasteiger partial charge in [0.1, 0.15) is 11.5 Å². The van der Waals surface area contributed by atoms with Crippen molar-refractivity contribution in [3.05, 3.63) is 23.8 Å². The van der Waals surface area contributed by atoms with E-state index < -0.39 is 0 Å². The number of aromatic hydroxyl groups is 2. The summed E-state index contributed by atoms with van der Waals surface area (Å²) in [5.41, 5.74) is 0.915. The maximum atomic E-state index is 9.54. The number of hydrogen-bond acceptors (Lipinski definition) is 4. The summed E-state index contributed by atoms with van der Waals surface area (Å²) in [6, 6.07) is 4.88. The van der Waals surface area contributed by atoms with E-state index in [0.29, 0.717) is 5.92 Å². The van der Waals surface area contributed by atoms with Crippen LogP contribution in [0.3, 0.4) is 0 Å². The molecule has 0 aliphatic carbocycles. The zero-order chi connectivity index (χ0) is 15.2. The van der Waals surface area contributed by atoms with Crippen molar-refractivity contribution < 1.29 is 10.2 Å². The van der Waals surface area contributed by atoms with Gasteiger partial charge in [-0.2, -0.15) is 0 Å². The first kappa shape index (κ1) is 16.1. The van der Waals surface area contributed by atoms with Gasteiger partial charge in [0, 0.05) is 18.7 Å². The topological polar surface area (TPSA) is 55.7 Å². The highest BCUT2D eigenvalue weighted by molar-refractivity contribution is 5.37. The van der Waals surface area contributed by atoms with E-state index in [2.05, 4.69) is 24.1 Å². The fraction of sp³-hybridized carbons (Fsp3) is 0.647. The highest BCUT2D eigenvalue weighted by atomic mass is 16.3. The fourth-order valence-electron chi connectivity index (χ4n) is 3.01. The van der Waals surface area contributed by atoms with Gasteiger partial charge in [0.25, 0.3) is 0 Å². The summed E-state index contributed by atoms with van der Waals surface area (Å²) in [6.45, 7) is 8.88. The summed E-state index contributed by atoms with van der Waals surface area (Å²) < 4.78 is 0. The molecular formula is C17H28N2O2. The number of piperidine rings is 1. The molecule has 1 fully saturated rings. The number of nitrogens with zero attached hydrogens (tertiary/aromatic N) is 1. The molecular weight excluding hydrogens is 264 g/mol. The largest absolute Gasteiger partial charge is 0.508 e. The summed E-state index contributed by atoms with van der Waals surface area (Å²) in [7, 11) is 0. The Kier molecular flexibility index (Phi) is 5.88. The Balaban J connectivity index is 1.78. The number of phenolic OH excluding ortho intramolecular Hbond substituents is 2. The third kappa shape index (κ3) is 5.21. The van der Waals surface area contributed by atoms with Crippen LogP contribution in [0.15, 0.2) is 18.2 Å². The number of nitrogens with one attached hydrogen (secondary N) is 1. The van der Waals surface area contributed by atoms with Gasteiger partial charge in [-0.25, -0.2) is 0 Å². The second-order valence-corrected chi connectivity index (χ2v) is 6.38. The lowest BCUT2D eigenvalue weighted by Crippen LogP contribution is -2.37. The van der Waals surface area contributed by atoms with Crippen molar-refractivity contribution in [3.8, 4) is 11.5 Å². The van der Waals surface area contributed by atoms with Gasteiger partial charge in [-0.15, -0.1) is 0 Å². The molecule has 21 heavy (non-hydrogen) atoms. The van der Waals surface area contributed by atoms with E-state index in [1.165, 1.54) is 38.4 Å². The number of hydrogen-bond donors (Lipinski definition) is 3. The minimum absolute atomic E-state index is 0.111. The molecule has 1 heterocycles. The van der Waals surface area contributed by atoms with Crippen LogP contribution in [0.25, 0.3) is 0 Å². The van der Waals surface area contributed by atoms with Crippen LogP contribution in [-0.4, -0.2) is 41.3 Å². The van der Waals surface area contributed by atoms with E-state index in [1.807, 2.05) is 0 Å². The minimum Gasteiger partial charge on any atom is -0.508 e. The Labute approximate surface area is 127 Å².